The van der Waals surface area contributed by atoms with Gasteiger partial charge in [-0.25, -0.2) is 0 Å². The summed E-state index contributed by atoms with van der Waals surface area (Å²) in [6.45, 7) is 5.16. The summed E-state index contributed by atoms with van der Waals surface area (Å²) in [5.41, 5.74) is 1.21. The number of carbonyl (C=O) groups is 3. The molecule has 2 amide bonds. The molecule has 1 aromatic carbocycles. The van der Waals surface area contributed by atoms with Gasteiger partial charge < -0.3 is 34.6 Å². The molecular weight excluding hydrogens is 480 g/mol. The van der Waals surface area contributed by atoms with Crippen molar-refractivity contribution in [1.29, 1.82) is 0 Å². The molecule has 1 saturated heterocycles. The van der Waals surface area contributed by atoms with Gasteiger partial charge >= 0.3 is 0 Å². The number of aliphatic hydroxyl groups excluding tert-OH is 2. The first-order valence-electron chi connectivity index (χ1n) is 12.8. The largest absolute Gasteiger partial charge is 0.493 e. The van der Waals surface area contributed by atoms with Crippen molar-refractivity contribution in [3.8, 4) is 11.5 Å². The first kappa shape index (κ1) is 27.1. The summed E-state index contributed by atoms with van der Waals surface area (Å²) in [6, 6.07) is 2.36. The lowest BCUT2D eigenvalue weighted by Gasteiger charge is -2.41. The van der Waals surface area contributed by atoms with Gasteiger partial charge in [0, 0.05) is 36.4 Å². The first-order chi connectivity index (χ1) is 17.8. The van der Waals surface area contributed by atoms with Gasteiger partial charge in [-0.2, -0.15) is 0 Å². The molecule has 2 heterocycles. The Labute approximate surface area is 216 Å². The maximum atomic E-state index is 13.6. The number of benzene rings is 1. The van der Waals surface area contributed by atoms with E-state index >= 15 is 0 Å². The highest BCUT2D eigenvalue weighted by atomic mass is 16.5. The van der Waals surface area contributed by atoms with Crippen molar-refractivity contribution >= 4 is 18.1 Å². The fourth-order valence-corrected chi connectivity index (χ4v) is 5.33. The van der Waals surface area contributed by atoms with Crippen LogP contribution in [0.5, 0.6) is 11.5 Å². The van der Waals surface area contributed by atoms with Crippen molar-refractivity contribution < 1.29 is 38.8 Å². The van der Waals surface area contributed by atoms with Crippen LogP contribution in [0.2, 0.25) is 0 Å². The van der Waals surface area contributed by atoms with Gasteiger partial charge in [0.1, 0.15) is 18.5 Å². The van der Waals surface area contributed by atoms with Gasteiger partial charge in [0.2, 0.25) is 11.8 Å². The van der Waals surface area contributed by atoms with Crippen LogP contribution in [0, 0.1) is 11.8 Å². The van der Waals surface area contributed by atoms with Crippen LogP contribution in [-0.2, 0) is 14.3 Å². The van der Waals surface area contributed by atoms with E-state index in [1.807, 2.05) is 0 Å². The molecule has 1 fully saturated rings. The monoisotopic (exact) mass is 516 g/mol. The second kappa shape index (κ2) is 11.6. The fourth-order valence-electron chi connectivity index (χ4n) is 5.33. The van der Waals surface area contributed by atoms with Crippen molar-refractivity contribution in [1.82, 2.24) is 10.2 Å². The molecule has 5 atom stereocenters. The molecule has 0 bridgehead atoms. The average molecular weight is 517 g/mol. The Morgan fingerprint density at radius 1 is 1.32 bits per heavy atom. The number of aliphatic hydroxyl groups is 2. The smallest absolute Gasteiger partial charge is 0.247 e. The van der Waals surface area contributed by atoms with E-state index in [1.54, 1.807) is 23.1 Å². The van der Waals surface area contributed by atoms with Gasteiger partial charge in [0.05, 0.1) is 38.2 Å². The molecule has 202 valence electrons. The lowest BCUT2D eigenvalue weighted by Crippen LogP contribution is -2.57. The van der Waals surface area contributed by atoms with Crippen LogP contribution in [-0.4, -0.2) is 91.5 Å². The summed E-state index contributed by atoms with van der Waals surface area (Å²) in [5.74, 6) is -0.564. The Hall–Kier alpha value is -2.95. The van der Waals surface area contributed by atoms with Crippen molar-refractivity contribution in [3.63, 3.8) is 0 Å². The zero-order chi connectivity index (χ0) is 26.7. The molecule has 3 N–H and O–H groups in total. The Kier molecular flexibility index (Phi) is 8.51. The Bertz CT molecular complexity index is 1050. The molecule has 1 aliphatic carbocycles. The second-order valence-corrected chi connectivity index (χ2v) is 10.2. The summed E-state index contributed by atoms with van der Waals surface area (Å²) in [6.07, 6.45) is 1.62. The number of hydrogen-bond acceptors (Lipinski definition) is 8. The quantitative estimate of drug-likeness (QED) is 0.393. The van der Waals surface area contributed by atoms with Gasteiger partial charge in [0.15, 0.2) is 11.5 Å². The third kappa shape index (κ3) is 5.37. The third-order valence-corrected chi connectivity index (χ3v) is 7.28. The molecule has 0 saturated carbocycles. The summed E-state index contributed by atoms with van der Waals surface area (Å²) >= 11 is 0. The Morgan fingerprint density at radius 3 is 2.73 bits per heavy atom. The zero-order valence-corrected chi connectivity index (χ0v) is 21.5. The summed E-state index contributed by atoms with van der Waals surface area (Å²) in [4.78, 5) is 40.2. The molecule has 5 unspecified atom stereocenters. The van der Waals surface area contributed by atoms with Crippen LogP contribution in [0.15, 0.2) is 23.8 Å². The number of carbonyl (C=O) groups excluding carboxylic acids is 3. The minimum Gasteiger partial charge on any atom is -0.493 e. The van der Waals surface area contributed by atoms with Crippen LogP contribution in [0.4, 0.5) is 0 Å². The first-order valence-corrected chi connectivity index (χ1v) is 12.8. The number of ether oxygens (including phenoxy) is 3. The van der Waals surface area contributed by atoms with E-state index in [9.17, 15) is 24.6 Å². The molecule has 10 heteroatoms. The van der Waals surface area contributed by atoms with E-state index in [1.165, 1.54) is 7.11 Å². The van der Waals surface area contributed by atoms with Crippen molar-refractivity contribution in [2.45, 2.75) is 50.9 Å². The molecule has 3 aliphatic rings. The summed E-state index contributed by atoms with van der Waals surface area (Å²) in [7, 11) is 1.45. The van der Waals surface area contributed by atoms with E-state index in [2.05, 4.69) is 19.2 Å². The van der Waals surface area contributed by atoms with E-state index in [4.69, 9.17) is 14.2 Å². The van der Waals surface area contributed by atoms with Crippen molar-refractivity contribution in [2.24, 2.45) is 11.8 Å². The SMILES string of the molecule is COc1cc(C=O)cc2c1OC1C2C(C(=O)NCCO)=CC(N(CCC(C)C)C(=O)C2CCOC2)C1O. The van der Waals surface area contributed by atoms with E-state index < -0.39 is 30.1 Å². The van der Waals surface area contributed by atoms with Crippen LogP contribution in [0.25, 0.3) is 0 Å². The molecule has 2 aliphatic heterocycles. The average Bonchev–Trinajstić information content (AvgIpc) is 3.56. The maximum Gasteiger partial charge on any atom is 0.247 e. The van der Waals surface area contributed by atoms with E-state index in [0.717, 1.165) is 0 Å². The van der Waals surface area contributed by atoms with E-state index in [0.29, 0.717) is 73.0 Å². The number of hydrogen-bond donors (Lipinski definition) is 3. The van der Waals surface area contributed by atoms with Crippen molar-refractivity contribution in [3.05, 3.63) is 34.9 Å². The standard InChI is InChI=1S/C27H36N2O8/c1-15(2)4-7-29(27(34)17-5-9-36-14-17)20-12-19(26(33)28-6-8-30)22-18-10-16(13-31)11-21(35-3)24(18)37-25(22)23(20)32/h10-13,15,17,20,22-23,25,30,32H,4-9,14H2,1-3H3,(H,28,33). The molecule has 0 radical (unpaired) electrons. The topological polar surface area (TPSA) is 135 Å². The van der Waals surface area contributed by atoms with Crippen LogP contribution in [0.3, 0.4) is 0 Å². The zero-order valence-electron chi connectivity index (χ0n) is 21.5. The predicted octanol–water partition coefficient (Wildman–Crippen LogP) is 1.04. The van der Waals surface area contributed by atoms with Gasteiger partial charge in [-0.3, -0.25) is 14.4 Å². The van der Waals surface area contributed by atoms with Crippen LogP contribution in [0.1, 0.15) is 48.5 Å². The number of amides is 2. The van der Waals surface area contributed by atoms with E-state index in [-0.39, 0.29) is 25.0 Å². The second-order valence-electron chi connectivity index (χ2n) is 10.2. The van der Waals surface area contributed by atoms with Gasteiger partial charge in [-0.1, -0.05) is 13.8 Å². The lowest BCUT2D eigenvalue weighted by atomic mass is 9.77. The highest BCUT2D eigenvalue weighted by molar-refractivity contribution is 5.96. The highest BCUT2D eigenvalue weighted by Gasteiger charge is 2.51. The maximum absolute atomic E-state index is 13.6. The minimum absolute atomic E-state index is 0.0433. The number of nitrogens with one attached hydrogen (secondary N) is 1. The van der Waals surface area contributed by atoms with Gasteiger partial charge in [-0.05, 0) is 37.0 Å². The van der Waals surface area contributed by atoms with Crippen LogP contribution < -0.4 is 14.8 Å². The van der Waals surface area contributed by atoms with Gasteiger partial charge in [0.25, 0.3) is 0 Å². The Balaban J connectivity index is 1.79. The molecule has 0 spiro atoms. The number of methoxy groups -OCH3 is 1. The molecule has 37 heavy (non-hydrogen) atoms. The number of aldehydes is 1. The number of rotatable bonds is 10. The third-order valence-electron chi connectivity index (χ3n) is 7.28. The predicted molar refractivity (Wildman–Crippen MR) is 134 cm³/mol. The summed E-state index contributed by atoms with van der Waals surface area (Å²) in [5, 5.41) is 23.6. The molecular formula is C27H36N2O8. The Morgan fingerprint density at radius 2 is 2.11 bits per heavy atom. The number of fused-ring (bicyclic) bond motifs is 3. The number of nitrogens with zero attached hydrogens (tertiary/aromatic N) is 1. The molecule has 4 rings (SSSR count). The van der Waals surface area contributed by atoms with Crippen LogP contribution >= 0.6 is 0 Å². The van der Waals surface area contributed by atoms with Crippen molar-refractivity contribution in [2.75, 3.05) is 40.0 Å². The van der Waals surface area contributed by atoms with Gasteiger partial charge in [-0.15, -0.1) is 0 Å². The fraction of sp³-hybridized carbons (Fsp3) is 0.593. The minimum atomic E-state index is -1.14. The molecule has 0 aromatic heterocycles. The molecule has 1 aromatic rings. The highest BCUT2D eigenvalue weighted by Crippen LogP contribution is 2.51. The normalized spacial score (nSPS) is 26.1. The lowest BCUT2D eigenvalue weighted by molar-refractivity contribution is -0.141. The molecule has 10 nitrogen and oxygen atoms in total. The summed E-state index contributed by atoms with van der Waals surface area (Å²) < 4.78 is 17.1.